The zero-order chi connectivity index (χ0) is 99.3. The van der Waals surface area contributed by atoms with E-state index in [9.17, 15) is 25.8 Å². The van der Waals surface area contributed by atoms with Crippen LogP contribution in [0.15, 0.2) is 94.9 Å². The van der Waals surface area contributed by atoms with Crippen molar-refractivity contribution >= 4 is 52.1 Å². The fraction of sp³-hybridized carbons (Fsp3) is 0.786. The number of likely N-dealkylation sites (tertiary alicyclic amines) is 2. The molecule has 11 atom stereocenters. The standard InChI is InChI=1S/C31H50N4O.C30H48N4O.C17H26ClNO.C15H26N2S.C12H22N2S.C11H24N2.CH4/c1-4-5-12-19-31(36,28-16-10-7-11-17-28)29-18-13-20-35(24-29)30(33-25-32)22-27(23-34(2)3)21-26-14-8-6-9-15-26;1-3-4-11-18-30(35,27-15-9-6-10-16-27)28-17-12-19-34(23-28)29(33-24-31)21-26(22-32-2)20-25-13-7-5-8-14-25;1-2-3-4-10-17(20,15-8-6-11-19-13-15)14-7-5-9-16(18)12-14;1-17(2)12-14(11-15(18)8-9-16)10-13-6-4-3-5-7-13;1-14(2)9-12(15-10-13)8-11-6-4-3-5-7-11;1-13(2)9-11(12)8-10-6-4-3-5-7-10;/h7,10-11,16-17,26-27,29,36H,4-6,8-9,12-15,18-24H2,1-3H3;6,9-10,15-16,25-26,28,32,35H,3-5,7-8,11-14,17-23H2,1-2H3;5,7,9,12,15,19-20H,2-4,6,8,10-11,13H2,1H3;13-14H,3-8,10-12H2,1-2H3;11-12H,3-9H2,1-2H3;10-11H,3-9,12H2,1-2H3;1H4/t27-,29-,31-;26-,28-,30-;15-,17-;14-;12-;11-;/m111100./s1. The minimum atomic E-state index is -0.835. The quantitative estimate of drug-likeness (QED) is 0.0101. The Labute approximate surface area is 859 Å². The molecule has 3 aromatic carbocycles. The van der Waals surface area contributed by atoms with Crippen LogP contribution in [0.3, 0.4) is 0 Å². The first-order valence-electron chi connectivity index (χ1n) is 55.3. The molecule has 3 aliphatic heterocycles. The van der Waals surface area contributed by atoms with Crippen molar-refractivity contribution in [3.05, 3.63) is 107 Å². The van der Waals surface area contributed by atoms with Gasteiger partial charge in [0.15, 0.2) is 0 Å². The van der Waals surface area contributed by atoms with Crippen LogP contribution in [-0.2, 0) is 16.8 Å². The van der Waals surface area contributed by atoms with Gasteiger partial charge in [0.25, 0.3) is 0 Å². The summed E-state index contributed by atoms with van der Waals surface area (Å²) in [5.74, 6) is 8.38. The van der Waals surface area contributed by atoms with Gasteiger partial charge in [0.1, 0.15) is 17.1 Å². The first-order chi connectivity index (χ1) is 66.2. The number of hydrogen-bond acceptors (Lipinski definition) is 18. The number of thioether (sulfide) groups is 1. The molecule has 0 radical (unpaired) electrons. The van der Waals surface area contributed by atoms with E-state index in [4.69, 9.17) is 40.1 Å². The number of hydrogen-bond donors (Lipinski definition) is 6. The third kappa shape index (κ3) is 48.3. The minimum Gasteiger partial charge on any atom is -0.385 e. The van der Waals surface area contributed by atoms with Crippen LogP contribution in [0, 0.1) is 110 Å². The van der Waals surface area contributed by atoms with E-state index in [2.05, 4.69) is 175 Å². The van der Waals surface area contributed by atoms with Crippen LogP contribution in [0.5, 0.6) is 0 Å². The van der Waals surface area contributed by atoms with E-state index in [-0.39, 0.29) is 25.2 Å². The summed E-state index contributed by atoms with van der Waals surface area (Å²) >= 11 is 12.9. The first kappa shape index (κ1) is 123. The summed E-state index contributed by atoms with van der Waals surface area (Å²) in [6.45, 7) is 17.1. The van der Waals surface area contributed by atoms with Gasteiger partial charge in [-0.3, -0.25) is 0 Å². The van der Waals surface area contributed by atoms with Crippen LogP contribution in [0.1, 0.15) is 379 Å². The summed E-state index contributed by atoms with van der Waals surface area (Å²) in [4.78, 5) is 23.3. The lowest BCUT2D eigenvalue weighted by molar-refractivity contribution is -0.0537. The molecule has 5 aliphatic carbocycles. The molecule has 21 heteroatoms. The van der Waals surface area contributed by atoms with Crippen LogP contribution < -0.4 is 16.4 Å². The highest BCUT2D eigenvalue weighted by molar-refractivity contribution is 8.04. The van der Waals surface area contributed by atoms with Gasteiger partial charge in [0, 0.05) is 111 Å². The molecule has 0 unspecified atom stereocenters. The predicted molar refractivity (Wildman–Crippen MR) is 592 cm³/mol. The number of thiocyanates is 1. The Morgan fingerprint density at radius 3 is 1.22 bits per heavy atom. The van der Waals surface area contributed by atoms with Gasteiger partial charge >= 0.3 is 0 Å². The van der Waals surface area contributed by atoms with Crippen molar-refractivity contribution in [1.29, 1.82) is 21.0 Å². The monoisotopic (exact) mass is 1960 g/mol. The van der Waals surface area contributed by atoms with Crippen molar-refractivity contribution in [2.45, 2.75) is 390 Å². The van der Waals surface area contributed by atoms with Gasteiger partial charge in [0.05, 0.1) is 29.3 Å². The molecule has 7 N–H and O–H groups in total. The van der Waals surface area contributed by atoms with Gasteiger partial charge in [-0.05, 0) is 261 Å². The van der Waals surface area contributed by atoms with Crippen LogP contribution in [0.2, 0.25) is 5.02 Å². The lowest BCUT2D eigenvalue weighted by Gasteiger charge is -2.44. The summed E-state index contributed by atoms with van der Waals surface area (Å²) in [6.07, 6.45) is 67.0. The minimum absolute atomic E-state index is 0. The molecule has 0 bridgehead atoms. The number of amidine groups is 2. The number of nitriles is 4. The van der Waals surface area contributed by atoms with Gasteiger partial charge < -0.3 is 61.1 Å². The molecule has 3 aromatic rings. The van der Waals surface area contributed by atoms with E-state index < -0.39 is 16.8 Å². The molecular weight excluding hydrogens is 1760 g/mol. The van der Waals surface area contributed by atoms with Gasteiger partial charge in [-0.15, -0.1) is 0 Å². The van der Waals surface area contributed by atoms with Crippen LogP contribution in [0.4, 0.5) is 0 Å². The number of nitrogens with two attached hydrogens (primary N) is 1. The molecular formula is C117H200ClN15O3S2. The topological polar surface area (TPSA) is 250 Å². The number of aliphatic imine (C=N–C) groups is 2. The summed E-state index contributed by atoms with van der Waals surface area (Å²) in [6, 6.07) is 30.9. The van der Waals surface area contributed by atoms with E-state index in [0.29, 0.717) is 40.5 Å². The molecule has 11 rings (SSSR count). The average Bonchev–Trinajstić information content (AvgIpc) is 0.794. The highest BCUT2D eigenvalue weighted by atomic mass is 35.5. The number of thiocarbonyl (C=S) groups is 1. The van der Waals surface area contributed by atoms with E-state index >= 15 is 0 Å². The van der Waals surface area contributed by atoms with Crippen LogP contribution in [-0.4, -0.2) is 208 Å². The molecule has 780 valence electrons. The number of piperidine rings is 3. The number of rotatable bonds is 46. The molecule has 8 fully saturated rings. The number of benzene rings is 3. The van der Waals surface area contributed by atoms with Crippen LogP contribution in [0.25, 0.3) is 0 Å². The molecule has 5 saturated carbocycles. The van der Waals surface area contributed by atoms with Crippen molar-refractivity contribution < 1.29 is 15.3 Å². The predicted octanol–water partition coefficient (Wildman–Crippen LogP) is 26.3. The molecule has 3 heterocycles. The fourth-order valence-electron chi connectivity index (χ4n) is 24.5. The van der Waals surface area contributed by atoms with E-state index in [1.54, 1.807) is 0 Å². The van der Waals surface area contributed by atoms with E-state index in [1.165, 1.54) is 217 Å². The Morgan fingerprint density at radius 2 is 0.855 bits per heavy atom. The van der Waals surface area contributed by atoms with E-state index in [0.717, 1.165) is 257 Å². The van der Waals surface area contributed by atoms with Crippen molar-refractivity contribution in [1.82, 2.24) is 40.0 Å². The summed E-state index contributed by atoms with van der Waals surface area (Å²) in [7, 11) is 19.0. The van der Waals surface area contributed by atoms with Crippen molar-refractivity contribution in [3.63, 3.8) is 0 Å². The lowest BCUT2D eigenvalue weighted by atomic mass is 9.74. The zero-order valence-electron chi connectivity index (χ0n) is 88.6. The first-order valence-corrected chi connectivity index (χ1v) is 57.0. The third-order valence-electron chi connectivity index (χ3n) is 31.3. The largest absolute Gasteiger partial charge is 0.385 e. The van der Waals surface area contributed by atoms with Gasteiger partial charge in [-0.25, -0.2) is 0 Å². The molecule has 0 aromatic heterocycles. The molecule has 8 aliphatic rings. The molecule has 3 saturated heterocycles. The highest BCUT2D eigenvalue weighted by Gasteiger charge is 2.44. The van der Waals surface area contributed by atoms with Crippen molar-refractivity contribution in [2.75, 3.05) is 135 Å². The lowest BCUT2D eigenvalue weighted by Crippen LogP contribution is -2.48. The van der Waals surface area contributed by atoms with Gasteiger partial charge in [0.2, 0.25) is 12.4 Å². The highest BCUT2D eigenvalue weighted by Crippen LogP contribution is 2.45. The molecule has 0 amide bonds. The Morgan fingerprint density at radius 1 is 0.478 bits per heavy atom. The SMILES string of the molecule is C.CCCCC[C@@](O)(c1cccc(Cl)c1)[C@@H]1CCCNC1.CCCCC[C@@](O)(c1ccccc1)[C@@H]1CCCN(C(C[C@@H](CC2CCCCC2)CN(C)C)=NC#N)C1.CCCCC[C@@](O)(c1ccccc1)[C@@H]1CCCN(C(C[C@H](CNC)CC2CCCCC2)=NC#N)C1.CN(C)C[C@@H](CC(=S)CC#N)CC1CCCCC1.CN(C)C[C@@H](N)CC1CCCCC1.CN(C)C[C@H](CC1CCCCC1)SC#N. The number of nitrogens with zero attached hydrogens (tertiary/aromatic N) is 12. The number of nitrogens with one attached hydrogen (secondary N) is 2. The molecule has 0 spiro atoms. The van der Waals surface area contributed by atoms with Crippen LogP contribution >= 0.6 is 35.6 Å². The maximum absolute atomic E-state index is 12.1. The summed E-state index contributed by atoms with van der Waals surface area (Å²) in [5.41, 5.74) is 6.70. The van der Waals surface area contributed by atoms with E-state index in [1.807, 2.05) is 67.7 Å². The smallest absolute Gasteiger partial charge is 0.207 e. The third-order valence-corrected chi connectivity index (χ3v) is 32.7. The van der Waals surface area contributed by atoms with Gasteiger partial charge in [-0.1, -0.05) is 343 Å². The Balaban J connectivity index is 0.000000304. The summed E-state index contributed by atoms with van der Waals surface area (Å²) < 4.78 is 0. The zero-order valence-corrected chi connectivity index (χ0v) is 91.0. The molecule has 138 heavy (non-hydrogen) atoms. The number of likely N-dealkylation sites (N-methyl/N-ethyl adjacent to an activating group) is 1. The van der Waals surface area contributed by atoms with Crippen molar-refractivity contribution in [2.24, 2.45) is 80.8 Å². The number of aliphatic hydroxyl groups is 3. The van der Waals surface area contributed by atoms with Crippen molar-refractivity contribution in [3.8, 4) is 23.9 Å². The number of halogens is 1. The maximum atomic E-state index is 12.1. The average molecular weight is 1960 g/mol. The Bertz CT molecular complexity index is 3850. The molecule has 18 nitrogen and oxygen atoms in total. The second kappa shape index (κ2) is 72.2. The second-order valence-electron chi connectivity index (χ2n) is 44.2. The number of unbranched alkanes of at least 4 members (excludes halogenated alkanes) is 6. The summed E-state index contributed by atoms with van der Waals surface area (Å²) in [5, 5.41) is 82.5. The van der Waals surface area contributed by atoms with Gasteiger partial charge in [-0.2, -0.15) is 31.0 Å². The maximum Gasteiger partial charge on any atom is 0.207 e. The Kier molecular flexibility index (Phi) is 64.6. The second-order valence-corrected chi connectivity index (χ2v) is 46.3. The normalized spacial score (nSPS) is 21.4. The Hall–Kier alpha value is -5.11. The fourth-order valence-corrected chi connectivity index (χ4v) is 25.9.